The van der Waals surface area contributed by atoms with E-state index in [1.54, 1.807) is 6.07 Å². The van der Waals surface area contributed by atoms with Crippen LogP contribution in [0.25, 0.3) is 0 Å². The molecular formula is C32H48FNO4. The van der Waals surface area contributed by atoms with Crippen molar-refractivity contribution >= 4 is 6.29 Å². The van der Waals surface area contributed by atoms with Crippen LogP contribution < -0.4 is 4.74 Å². The van der Waals surface area contributed by atoms with Crippen molar-refractivity contribution in [2.45, 2.75) is 96.2 Å². The van der Waals surface area contributed by atoms with Crippen molar-refractivity contribution in [3.63, 3.8) is 0 Å². The Balaban J connectivity index is 0.000000538. The van der Waals surface area contributed by atoms with Gasteiger partial charge in [-0.2, -0.15) is 0 Å². The van der Waals surface area contributed by atoms with E-state index in [1.807, 2.05) is 31.2 Å². The quantitative estimate of drug-likeness (QED) is 0.201. The van der Waals surface area contributed by atoms with Crippen molar-refractivity contribution < 1.29 is 24.1 Å². The van der Waals surface area contributed by atoms with Crippen molar-refractivity contribution in [3.8, 4) is 11.5 Å². The Hall–Kier alpha value is -2.28. The second-order valence-electron chi connectivity index (χ2n) is 11.0. The molecule has 0 radical (unpaired) electrons. The molecule has 5 nitrogen and oxygen atoms in total. The molecule has 1 aliphatic carbocycles. The first-order chi connectivity index (χ1) is 18.2. The Morgan fingerprint density at radius 3 is 2.32 bits per heavy atom. The number of nitrogens with zero attached hydrogens (tertiary/aromatic N) is 1. The van der Waals surface area contributed by atoms with Crippen LogP contribution in [0, 0.1) is 18.7 Å². The minimum Gasteiger partial charge on any atom is -0.457 e. The molecule has 2 aromatic rings. The largest absolute Gasteiger partial charge is 0.457 e. The number of rotatable bonds is 14. The van der Waals surface area contributed by atoms with E-state index in [1.165, 1.54) is 25.0 Å². The van der Waals surface area contributed by atoms with Gasteiger partial charge in [-0.1, -0.05) is 50.8 Å². The highest BCUT2D eigenvalue weighted by molar-refractivity contribution is 5.54. The van der Waals surface area contributed by atoms with E-state index in [2.05, 4.69) is 25.9 Å². The van der Waals surface area contributed by atoms with Crippen molar-refractivity contribution in [3.05, 3.63) is 59.4 Å². The molecule has 1 unspecified atom stereocenters. The lowest BCUT2D eigenvalue weighted by molar-refractivity contribution is -0.111. The lowest BCUT2D eigenvalue weighted by Gasteiger charge is -2.31. The molecule has 2 N–H and O–H groups in total. The maximum Gasteiger partial charge on any atom is 0.133 e. The molecule has 38 heavy (non-hydrogen) atoms. The van der Waals surface area contributed by atoms with Gasteiger partial charge in [-0.3, -0.25) is 0 Å². The summed E-state index contributed by atoms with van der Waals surface area (Å²) in [5, 5.41) is 20.6. The zero-order chi connectivity index (χ0) is 28.0. The van der Waals surface area contributed by atoms with Gasteiger partial charge in [-0.15, -0.1) is 0 Å². The third kappa shape index (κ3) is 10.8. The van der Waals surface area contributed by atoms with E-state index in [0.717, 1.165) is 68.9 Å². The number of halogens is 1. The molecule has 212 valence electrons. The Bertz CT molecular complexity index is 966. The number of carbonyl (C=O) groups excluding carboxylic acids is 1. The van der Waals surface area contributed by atoms with Crippen LogP contribution in [0.5, 0.6) is 11.5 Å². The molecule has 3 rings (SSSR count). The van der Waals surface area contributed by atoms with Gasteiger partial charge in [0.25, 0.3) is 0 Å². The number of unbranched alkanes of at least 4 members (excludes halogenated alkanes) is 4. The lowest BCUT2D eigenvalue weighted by Crippen LogP contribution is -2.27. The normalized spacial score (nSPS) is 18.5. The molecule has 1 fully saturated rings. The summed E-state index contributed by atoms with van der Waals surface area (Å²) in [5.41, 5.74) is 0.641. The summed E-state index contributed by atoms with van der Waals surface area (Å²) in [7, 11) is 4.15. The van der Waals surface area contributed by atoms with E-state index in [9.17, 15) is 14.3 Å². The highest BCUT2D eigenvalue weighted by Crippen LogP contribution is 2.40. The number of aliphatic hydroxyl groups is 2. The van der Waals surface area contributed by atoms with Crippen molar-refractivity contribution in [1.82, 2.24) is 4.90 Å². The summed E-state index contributed by atoms with van der Waals surface area (Å²) in [6.07, 6.45) is 11.0. The fourth-order valence-corrected chi connectivity index (χ4v) is 4.99. The second kappa shape index (κ2) is 16.6. The van der Waals surface area contributed by atoms with Crippen LogP contribution in [-0.2, 0) is 10.4 Å². The SMILES string of the molecule is CCCCCCC(O)(CCCCN(C)C)c1ccccc1Oc1ccc(F)cc1C.O=C[C@H]1CC[C@@H](O)C1. The highest BCUT2D eigenvalue weighted by Gasteiger charge is 2.31. The predicted molar refractivity (Wildman–Crippen MR) is 152 cm³/mol. The van der Waals surface area contributed by atoms with Gasteiger partial charge in [0.1, 0.15) is 23.6 Å². The van der Waals surface area contributed by atoms with E-state index < -0.39 is 5.60 Å². The Morgan fingerprint density at radius 1 is 1.03 bits per heavy atom. The number of para-hydroxylation sites is 1. The third-order valence-electron chi connectivity index (χ3n) is 7.27. The Kier molecular flexibility index (Phi) is 14.0. The molecule has 6 heteroatoms. The number of aliphatic hydroxyl groups excluding tert-OH is 1. The molecular weight excluding hydrogens is 481 g/mol. The lowest BCUT2D eigenvalue weighted by atomic mass is 9.83. The van der Waals surface area contributed by atoms with Gasteiger partial charge in [-0.05, 0) is 102 Å². The molecule has 0 amide bonds. The first-order valence-corrected chi connectivity index (χ1v) is 14.2. The smallest absolute Gasteiger partial charge is 0.133 e. The van der Waals surface area contributed by atoms with Gasteiger partial charge in [-0.25, -0.2) is 4.39 Å². The zero-order valence-electron chi connectivity index (χ0n) is 23.8. The second-order valence-corrected chi connectivity index (χ2v) is 11.0. The molecule has 1 saturated carbocycles. The first kappa shape index (κ1) is 31.9. The van der Waals surface area contributed by atoms with Gasteiger partial charge >= 0.3 is 0 Å². The van der Waals surface area contributed by atoms with Crippen LogP contribution in [0.3, 0.4) is 0 Å². The molecule has 3 atom stereocenters. The molecule has 0 spiro atoms. The average Bonchev–Trinajstić information content (AvgIpc) is 3.32. The monoisotopic (exact) mass is 529 g/mol. The number of carbonyl (C=O) groups is 1. The molecule has 0 bridgehead atoms. The van der Waals surface area contributed by atoms with Crippen LogP contribution in [0.1, 0.15) is 88.7 Å². The third-order valence-corrected chi connectivity index (χ3v) is 7.27. The Labute approximate surface area is 229 Å². The number of aryl methyl sites for hydroxylation is 1. The maximum absolute atomic E-state index is 13.5. The molecule has 1 aliphatic rings. The van der Waals surface area contributed by atoms with Crippen LogP contribution in [0.15, 0.2) is 42.5 Å². The van der Waals surface area contributed by atoms with Crippen LogP contribution in [0.2, 0.25) is 0 Å². The molecule has 0 heterocycles. The van der Waals surface area contributed by atoms with Crippen LogP contribution in [-0.4, -0.2) is 48.1 Å². The van der Waals surface area contributed by atoms with E-state index in [-0.39, 0.29) is 17.8 Å². The van der Waals surface area contributed by atoms with Crippen LogP contribution in [0.4, 0.5) is 4.39 Å². The molecule has 2 aromatic carbocycles. The van der Waals surface area contributed by atoms with Gasteiger partial charge in [0.2, 0.25) is 0 Å². The van der Waals surface area contributed by atoms with Crippen molar-refractivity contribution in [1.29, 1.82) is 0 Å². The minimum absolute atomic E-state index is 0.144. The molecule has 0 aliphatic heterocycles. The van der Waals surface area contributed by atoms with Gasteiger partial charge < -0.3 is 24.6 Å². The van der Waals surface area contributed by atoms with Crippen molar-refractivity contribution in [2.75, 3.05) is 20.6 Å². The van der Waals surface area contributed by atoms with E-state index >= 15 is 0 Å². The summed E-state index contributed by atoms with van der Waals surface area (Å²) in [6.45, 7) is 5.04. The number of benzene rings is 2. The summed E-state index contributed by atoms with van der Waals surface area (Å²) >= 11 is 0. The fraction of sp³-hybridized carbons (Fsp3) is 0.594. The number of aldehydes is 1. The van der Waals surface area contributed by atoms with E-state index in [4.69, 9.17) is 9.84 Å². The summed E-state index contributed by atoms with van der Waals surface area (Å²) in [6, 6.07) is 12.3. The molecule has 0 aromatic heterocycles. The van der Waals surface area contributed by atoms with Gasteiger partial charge in [0, 0.05) is 11.5 Å². The first-order valence-electron chi connectivity index (χ1n) is 14.2. The summed E-state index contributed by atoms with van der Waals surface area (Å²) < 4.78 is 19.7. The predicted octanol–water partition coefficient (Wildman–Crippen LogP) is 7.16. The van der Waals surface area contributed by atoms with Gasteiger partial charge in [0.05, 0.1) is 11.7 Å². The average molecular weight is 530 g/mol. The van der Waals surface area contributed by atoms with E-state index in [0.29, 0.717) is 24.3 Å². The number of hydrogen-bond donors (Lipinski definition) is 2. The minimum atomic E-state index is -0.926. The van der Waals surface area contributed by atoms with Crippen LogP contribution >= 0.6 is 0 Å². The number of ether oxygens (including phenoxy) is 1. The summed E-state index contributed by atoms with van der Waals surface area (Å²) in [5.74, 6) is 1.13. The highest BCUT2D eigenvalue weighted by atomic mass is 19.1. The molecule has 0 saturated heterocycles. The topological polar surface area (TPSA) is 70.0 Å². The number of hydrogen-bond acceptors (Lipinski definition) is 5. The standard InChI is InChI=1S/C26H38FNO2.C6H10O2/c1-5-6-7-10-17-26(29,18-11-12-19-28(3)4)23-13-8-9-14-25(23)30-24-16-15-22(27)20-21(24)2;7-4-5-1-2-6(8)3-5/h8-9,13-16,20,29H,5-7,10-12,17-19H2,1-4H3;4-6,8H,1-3H2/t;5-,6+/m.0/s1. The summed E-state index contributed by atoms with van der Waals surface area (Å²) in [4.78, 5) is 12.2. The maximum atomic E-state index is 13.5. The zero-order valence-corrected chi connectivity index (χ0v) is 23.8. The van der Waals surface area contributed by atoms with Gasteiger partial charge in [0.15, 0.2) is 0 Å². The Morgan fingerprint density at radius 2 is 1.74 bits per heavy atom. The van der Waals surface area contributed by atoms with Crippen molar-refractivity contribution in [2.24, 2.45) is 5.92 Å². The fourth-order valence-electron chi connectivity index (χ4n) is 4.99.